The molecule has 0 unspecified atom stereocenters. The summed E-state index contributed by atoms with van der Waals surface area (Å²) in [7, 11) is 1.88. The lowest BCUT2D eigenvalue weighted by molar-refractivity contribution is 0.157. The van der Waals surface area contributed by atoms with E-state index in [4.69, 9.17) is 5.73 Å². The quantitative estimate of drug-likeness (QED) is 0.695. The number of amides is 1. The van der Waals surface area contributed by atoms with Crippen LogP contribution < -0.4 is 5.73 Å². The van der Waals surface area contributed by atoms with Gasteiger partial charge in [0.25, 0.3) is 0 Å². The predicted molar refractivity (Wildman–Crippen MR) is 42.4 cm³/mol. The monoisotopic (exact) mass is 169 g/mol. The molecule has 5 heteroatoms. The molecule has 0 bridgehead atoms. The SMILES string of the molecule is Cn1cncc1CCOC(N)=O. The Morgan fingerprint density at radius 2 is 2.58 bits per heavy atom. The molecule has 0 aliphatic heterocycles. The first-order chi connectivity index (χ1) is 5.70. The molecule has 1 aromatic rings. The van der Waals surface area contributed by atoms with Crippen molar-refractivity contribution < 1.29 is 9.53 Å². The maximum absolute atomic E-state index is 10.2. The summed E-state index contributed by atoms with van der Waals surface area (Å²) >= 11 is 0. The van der Waals surface area contributed by atoms with Crippen LogP contribution in [0.3, 0.4) is 0 Å². The van der Waals surface area contributed by atoms with Gasteiger partial charge in [-0.05, 0) is 0 Å². The Balaban J connectivity index is 2.33. The fourth-order valence-electron chi connectivity index (χ4n) is 0.882. The summed E-state index contributed by atoms with van der Waals surface area (Å²) in [5.41, 5.74) is 5.80. The third kappa shape index (κ3) is 2.26. The summed E-state index contributed by atoms with van der Waals surface area (Å²) in [5, 5.41) is 0. The Kier molecular flexibility index (Phi) is 2.68. The Bertz CT molecular complexity index is 269. The van der Waals surface area contributed by atoms with E-state index in [1.807, 2.05) is 11.6 Å². The predicted octanol–water partition coefficient (Wildman–Crippen LogP) is 0.0579. The van der Waals surface area contributed by atoms with E-state index in [1.165, 1.54) is 0 Å². The van der Waals surface area contributed by atoms with Gasteiger partial charge in [-0.25, -0.2) is 9.78 Å². The lowest BCUT2D eigenvalue weighted by Gasteiger charge is -2.01. The zero-order chi connectivity index (χ0) is 8.97. The van der Waals surface area contributed by atoms with Crippen molar-refractivity contribution >= 4 is 6.09 Å². The number of carbonyl (C=O) groups excluding carboxylic acids is 1. The van der Waals surface area contributed by atoms with Crippen molar-refractivity contribution in [3.05, 3.63) is 18.2 Å². The molecule has 5 nitrogen and oxygen atoms in total. The van der Waals surface area contributed by atoms with Crippen molar-refractivity contribution in [2.24, 2.45) is 12.8 Å². The van der Waals surface area contributed by atoms with Gasteiger partial charge in [-0.15, -0.1) is 0 Å². The summed E-state index contributed by atoms with van der Waals surface area (Å²) in [6.45, 7) is 0.300. The van der Waals surface area contributed by atoms with E-state index in [0.717, 1.165) is 5.69 Å². The Hall–Kier alpha value is -1.52. The van der Waals surface area contributed by atoms with Crippen molar-refractivity contribution in [1.29, 1.82) is 0 Å². The number of hydrogen-bond donors (Lipinski definition) is 1. The molecule has 0 aromatic carbocycles. The molecule has 1 aromatic heterocycles. The second-order valence-corrected chi connectivity index (χ2v) is 2.41. The lowest BCUT2D eigenvalue weighted by atomic mass is 10.3. The third-order valence-electron chi connectivity index (χ3n) is 1.52. The summed E-state index contributed by atoms with van der Waals surface area (Å²) in [4.78, 5) is 14.1. The average molecular weight is 169 g/mol. The summed E-state index contributed by atoms with van der Waals surface area (Å²) in [6, 6.07) is 0. The highest BCUT2D eigenvalue weighted by molar-refractivity contribution is 5.64. The molecule has 1 rings (SSSR count). The first-order valence-corrected chi connectivity index (χ1v) is 3.57. The maximum Gasteiger partial charge on any atom is 0.404 e. The van der Waals surface area contributed by atoms with E-state index in [-0.39, 0.29) is 0 Å². The topological polar surface area (TPSA) is 70.1 Å². The van der Waals surface area contributed by atoms with Gasteiger partial charge < -0.3 is 15.0 Å². The summed E-state index contributed by atoms with van der Waals surface area (Å²) in [6.07, 6.45) is 3.32. The highest BCUT2D eigenvalue weighted by atomic mass is 16.5. The summed E-state index contributed by atoms with van der Waals surface area (Å²) < 4.78 is 6.43. The molecule has 2 N–H and O–H groups in total. The first kappa shape index (κ1) is 8.58. The van der Waals surface area contributed by atoms with Crippen LogP contribution in [0.5, 0.6) is 0 Å². The van der Waals surface area contributed by atoms with Crippen LogP contribution in [0.25, 0.3) is 0 Å². The molecular weight excluding hydrogens is 158 g/mol. The number of ether oxygens (including phenoxy) is 1. The van der Waals surface area contributed by atoms with Crippen molar-refractivity contribution in [3.8, 4) is 0 Å². The highest BCUT2D eigenvalue weighted by Crippen LogP contribution is 1.97. The van der Waals surface area contributed by atoms with Crippen LogP contribution >= 0.6 is 0 Å². The van der Waals surface area contributed by atoms with Crippen molar-refractivity contribution in [1.82, 2.24) is 9.55 Å². The minimum absolute atomic E-state index is 0.300. The molecule has 66 valence electrons. The zero-order valence-corrected chi connectivity index (χ0v) is 6.86. The van der Waals surface area contributed by atoms with E-state index >= 15 is 0 Å². The second kappa shape index (κ2) is 3.75. The Morgan fingerprint density at radius 3 is 3.08 bits per heavy atom. The first-order valence-electron chi connectivity index (χ1n) is 3.57. The minimum Gasteiger partial charge on any atom is -0.449 e. The molecule has 1 heterocycles. The molecule has 0 aliphatic rings. The number of imidazole rings is 1. The van der Waals surface area contributed by atoms with Gasteiger partial charge in [-0.1, -0.05) is 0 Å². The highest BCUT2D eigenvalue weighted by Gasteiger charge is 1.99. The number of aromatic nitrogens is 2. The van der Waals surface area contributed by atoms with Crippen molar-refractivity contribution in [2.45, 2.75) is 6.42 Å². The largest absolute Gasteiger partial charge is 0.449 e. The number of nitrogens with two attached hydrogens (primary N) is 1. The van der Waals surface area contributed by atoms with E-state index in [1.54, 1.807) is 12.5 Å². The van der Waals surface area contributed by atoms with Gasteiger partial charge >= 0.3 is 6.09 Å². The average Bonchev–Trinajstić information content (AvgIpc) is 2.36. The number of nitrogens with zero attached hydrogens (tertiary/aromatic N) is 2. The minimum atomic E-state index is -0.739. The van der Waals surface area contributed by atoms with E-state index in [9.17, 15) is 4.79 Å². The maximum atomic E-state index is 10.2. The molecule has 0 atom stereocenters. The van der Waals surface area contributed by atoms with E-state index in [2.05, 4.69) is 9.72 Å². The standard InChI is InChI=1S/C7H11N3O2/c1-10-5-9-4-6(10)2-3-12-7(8)11/h4-5H,2-3H2,1H3,(H2,8,11). The van der Waals surface area contributed by atoms with Crippen molar-refractivity contribution in [3.63, 3.8) is 0 Å². The van der Waals surface area contributed by atoms with Gasteiger partial charge in [-0.2, -0.15) is 0 Å². The van der Waals surface area contributed by atoms with Crippen LogP contribution in [0.15, 0.2) is 12.5 Å². The van der Waals surface area contributed by atoms with Crippen LogP contribution in [-0.2, 0) is 18.2 Å². The molecule has 0 saturated heterocycles. The fraction of sp³-hybridized carbons (Fsp3) is 0.429. The summed E-state index contributed by atoms with van der Waals surface area (Å²) in [5.74, 6) is 0. The van der Waals surface area contributed by atoms with E-state index < -0.39 is 6.09 Å². The van der Waals surface area contributed by atoms with Gasteiger partial charge in [-0.3, -0.25) is 0 Å². The van der Waals surface area contributed by atoms with Crippen LogP contribution in [0.4, 0.5) is 4.79 Å². The molecular formula is C7H11N3O2. The second-order valence-electron chi connectivity index (χ2n) is 2.41. The number of carbonyl (C=O) groups is 1. The number of rotatable bonds is 3. The molecule has 0 saturated carbocycles. The normalized spacial score (nSPS) is 9.75. The van der Waals surface area contributed by atoms with Gasteiger partial charge in [0.05, 0.1) is 12.9 Å². The van der Waals surface area contributed by atoms with Crippen molar-refractivity contribution in [2.75, 3.05) is 6.61 Å². The van der Waals surface area contributed by atoms with Gasteiger partial charge in [0.1, 0.15) is 0 Å². The molecule has 12 heavy (non-hydrogen) atoms. The van der Waals surface area contributed by atoms with Gasteiger partial charge in [0.15, 0.2) is 0 Å². The smallest absolute Gasteiger partial charge is 0.404 e. The lowest BCUT2D eigenvalue weighted by Crippen LogP contribution is -2.15. The number of aryl methyl sites for hydroxylation is 1. The third-order valence-corrected chi connectivity index (χ3v) is 1.52. The zero-order valence-electron chi connectivity index (χ0n) is 6.86. The molecule has 0 spiro atoms. The fourth-order valence-corrected chi connectivity index (χ4v) is 0.882. The van der Waals surface area contributed by atoms with E-state index in [0.29, 0.717) is 13.0 Å². The molecule has 0 radical (unpaired) electrons. The number of primary amides is 1. The van der Waals surface area contributed by atoms with Crippen LogP contribution in [0.1, 0.15) is 5.69 Å². The van der Waals surface area contributed by atoms with Gasteiger partial charge in [0, 0.05) is 25.4 Å². The van der Waals surface area contributed by atoms with Crippen LogP contribution in [0, 0.1) is 0 Å². The van der Waals surface area contributed by atoms with Crippen LogP contribution in [0.2, 0.25) is 0 Å². The Labute approximate surface area is 70.1 Å². The molecule has 1 amide bonds. The van der Waals surface area contributed by atoms with Gasteiger partial charge in [0.2, 0.25) is 0 Å². The van der Waals surface area contributed by atoms with Crippen LogP contribution in [-0.4, -0.2) is 22.3 Å². The molecule has 0 aliphatic carbocycles. The molecule has 0 fully saturated rings. The Morgan fingerprint density at radius 1 is 1.83 bits per heavy atom. The number of hydrogen-bond acceptors (Lipinski definition) is 3.